The molecule has 2 rings (SSSR count). The number of nitrogens with zero attached hydrogens (tertiary/aromatic N) is 4. The van der Waals surface area contributed by atoms with Gasteiger partial charge in [-0.25, -0.2) is 0 Å². The Balaban J connectivity index is 2.13. The Kier molecular flexibility index (Phi) is 4.86. The van der Waals surface area contributed by atoms with Gasteiger partial charge in [0.15, 0.2) is 0 Å². The maximum absolute atomic E-state index is 5.52. The summed E-state index contributed by atoms with van der Waals surface area (Å²) in [4.78, 5) is 16.8. The van der Waals surface area contributed by atoms with E-state index in [0.717, 1.165) is 11.1 Å². The van der Waals surface area contributed by atoms with Crippen LogP contribution in [0.25, 0.3) is 0 Å². The molecule has 0 aliphatic carbocycles. The molecule has 0 aliphatic heterocycles. The molecule has 0 aliphatic rings. The summed E-state index contributed by atoms with van der Waals surface area (Å²) in [6.07, 6.45) is 3.60. The van der Waals surface area contributed by atoms with Crippen molar-refractivity contribution in [2.75, 3.05) is 17.7 Å². The van der Waals surface area contributed by atoms with Crippen molar-refractivity contribution >= 4 is 11.9 Å². The van der Waals surface area contributed by atoms with Crippen LogP contribution in [0.15, 0.2) is 18.5 Å². The van der Waals surface area contributed by atoms with Crippen LogP contribution in [0.3, 0.4) is 0 Å². The molecule has 2 aromatic rings. The molecular weight excluding hydrogens is 268 g/mol. The molecule has 0 amide bonds. The highest BCUT2D eigenvalue weighted by atomic mass is 16.5. The fourth-order valence-corrected chi connectivity index (χ4v) is 1.69. The fraction of sp³-hybridized carbons (Fsp3) is 0.429. The summed E-state index contributed by atoms with van der Waals surface area (Å²) in [5, 5.41) is 6.08. The summed E-state index contributed by atoms with van der Waals surface area (Å²) in [5.74, 6) is 0.941. The van der Waals surface area contributed by atoms with E-state index in [2.05, 4.69) is 30.6 Å². The zero-order valence-electron chi connectivity index (χ0n) is 12.7. The molecule has 112 valence electrons. The van der Waals surface area contributed by atoms with Crippen molar-refractivity contribution in [1.29, 1.82) is 0 Å². The molecule has 0 unspecified atom stereocenters. The van der Waals surface area contributed by atoms with Crippen LogP contribution >= 0.6 is 0 Å². The van der Waals surface area contributed by atoms with Crippen LogP contribution in [0.5, 0.6) is 6.01 Å². The minimum atomic E-state index is 0.00685. The van der Waals surface area contributed by atoms with Gasteiger partial charge in [0.05, 0.1) is 6.10 Å². The number of aromatic nitrogens is 4. The highest BCUT2D eigenvalue weighted by molar-refractivity contribution is 5.37. The van der Waals surface area contributed by atoms with Crippen molar-refractivity contribution in [2.24, 2.45) is 0 Å². The molecule has 0 radical (unpaired) electrons. The molecule has 0 saturated heterocycles. The Hall–Kier alpha value is -2.44. The van der Waals surface area contributed by atoms with Gasteiger partial charge in [0.1, 0.15) is 0 Å². The molecule has 0 saturated carbocycles. The van der Waals surface area contributed by atoms with Gasteiger partial charge in [-0.2, -0.15) is 15.0 Å². The van der Waals surface area contributed by atoms with Gasteiger partial charge in [0.25, 0.3) is 0 Å². The quantitative estimate of drug-likeness (QED) is 0.841. The maximum Gasteiger partial charge on any atom is 0.323 e. The molecule has 0 fully saturated rings. The van der Waals surface area contributed by atoms with Crippen molar-refractivity contribution < 1.29 is 4.74 Å². The van der Waals surface area contributed by atoms with Gasteiger partial charge in [-0.1, -0.05) is 0 Å². The van der Waals surface area contributed by atoms with Crippen LogP contribution in [-0.2, 0) is 6.54 Å². The summed E-state index contributed by atoms with van der Waals surface area (Å²) in [6.45, 7) is 6.49. The van der Waals surface area contributed by atoms with E-state index in [-0.39, 0.29) is 6.10 Å². The number of ether oxygens (including phenoxy) is 1. The second kappa shape index (κ2) is 6.83. The first-order valence-electron chi connectivity index (χ1n) is 6.82. The van der Waals surface area contributed by atoms with E-state index in [1.165, 1.54) is 0 Å². The maximum atomic E-state index is 5.52. The normalized spacial score (nSPS) is 10.5. The topological polar surface area (TPSA) is 84.9 Å². The summed E-state index contributed by atoms with van der Waals surface area (Å²) in [7, 11) is 1.76. The first-order chi connectivity index (χ1) is 10.1. The summed E-state index contributed by atoms with van der Waals surface area (Å²) in [5.41, 5.74) is 2.26. The van der Waals surface area contributed by atoms with Crippen LogP contribution < -0.4 is 15.4 Å². The molecule has 2 N–H and O–H groups in total. The molecule has 2 aromatic heterocycles. The van der Waals surface area contributed by atoms with Gasteiger partial charge in [0.2, 0.25) is 11.9 Å². The van der Waals surface area contributed by atoms with Crippen LogP contribution in [0.2, 0.25) is 0 Å². The van der Waals surface area contributed by atoms with Gasteiger partial charge in [-0.3, -0.25) is 4.98 Å². The first kappa shape index (κ1) is 15.0. The number of anilines is 2. The second-order valence-corrected chi connectivity index (χ2v) is 4.84. The van der Waals surface area contributed by atoms with Gasteiger partial charge in [0, 0.05) is 26.0 Å². The lowest BCUT2D eigenvalue weighted by atomic mass is 10.1. The molecule has 0 atom stereocenters. The molecular formula is C14H20N6O. The first-order valence-corrected chi connectivity index (χ1v) is 6.82. The lowest BCUT2D eigenvalue weighted by Gasteiger charge is -2.11. The third-order valence-corrected chi connectivity index (χ3v) is 2.75. The van der Waals surface area contributed by atoms with Crippen molar-refractivity contribution in [3.63, 3.8) is 0 Å². The van der Waals surface area contributed by atoms with Gasteiger partial charge >= 0.3 is 6.01 Å². The standard InChI is InChI=1S/C14H20N6O/c1-9(2)21-14-19-12(15-4)18-13(20-14)17-8-11-5-6-16-7-10(11)3/h5-7,9H,8H2,1-4H3,(H2,15,17,18,19,20). The summed E-state index contributed by atoms with van der Waals surface area (Å²) < 4.78 is 5.52. The number of hydrogen-bond acceptors (Lipinski definition) is 7. The van der Waals surface area contributed by atoms with E-state index in [0.29, 0.717) is 24.5 Å². The van der Waals surface area contributed by atoms with Crippen LogP contribution in [0.1, 0.15) is 25.0 Å². The Labute approximate surface area is 124 Å². The number of nitrogens with one attached hydrogen (secondary N) is 2. The smallest absolute Gasteiger partial charge is 0.323 e. The lowest BCUT2D eigenvalue weighted by molar-refractivity contribution is 0.222. The van der Waals surface area contributed by atoms with Gasteiger partial charge in [-0.15, -0.1) is 0 Å². The Morgan fingerprint density at radius 1 is 1.19 bits per heavy atom. The van der Waals surface area contributed by atoms with Crippen molar-refractivity contribution in [1.82, 2.24) is 19.9 Å². The average molecular weight is 288 g/mol. The SMILES string of the molecule is CNc1nc(NCc2ccncc2C)nc(OC(C)C)n1. The minimum absolute atomic E-state index is 0.00685. The van der Waals surface area contributed by atoms with E-state index in [9.17, 15) is 0 Å². The van der Waals surface area contributed by atoms with E-state index < -0.39 is 0 Å². The van der Waals surface area contributed by atoms with Crippen LogP contribution in [-0.4, -0.2) is 33.1 Å². The molecule has 0 aromatic carbocycles. The van der Waals surface area contributed by atoms with Crippen LogP contribution in [0, 0.1) is 6.92 Å². The highest BCUT2D eigenvalue weighted by Gasteiger charge is 2.08. The summed E-state index contributed by atoms with van der Waals surface area (Å²) in [6, 6.07) is 2.27. The van der Waals surface area contributed by atoms with Gasteiger partial charge in [-0.05, 0) is 38.0 Å². The number of pyridine rings is 1. The van der Waals surface area contributed by atoms with Gasteiger partial charge < -0.3 is 15.4 Å². The predicted molar refractivity (Wildman–Crippen MR) is 81.4 cm³/mol. The second-order valence-electron chi connectivity index (χ2n) is 4.84. The van der Waals surface area contributed by atoms with Crippen molar-refractivity contribution in [3.05, 3.63) is 29.6 Å². The van der Waals surface area contributed by atoms with Crippen molar-refractivity contribution in [3.8, 4) is 6.01 Å². The van der Waals surface area contributed by atoms with E-state index in [1.54, 1.807) is 13.2 Å². The zero-order valence-corrected chi connectivity index (χ0v) is 12.7. The van der Waals surface area contributed by atoms with Crippen LogP contribution in [0.4, 0.5) is 11.9 Å². The Morgan fingerprint density at radius 2 is 1.95 bits per heavy atom. The molecule has 21 heavy (non-hydrogen) atoms. The Bertz CT molecular complexity index is 602. The third kappa shape index (κ3) is 4.27. The zero-order chi connectivity index (χ0) is 15.2. The highest BCUT2D eigenvalue weighted by Crippen LogP contribution is 2.14. The van der Waals surface area contributed by atoms with E-state index >= 15 is 0 Å². The molecule has 2 heterocycles. The van der Waals surface area contributed by atoms with E-state index in [4.69, 9.17) is 4.74 Å². The number of hydrogen-bond donors (Lipinski definition) is 2. The lowest BCUT2D eigenvalue weighted by Crippen LogP contribution is -2.13. The monoisotopic (exact) mass is 288 g/mol. The largest absolute Gasteiger partial charge is 0.461 e. The third-order valence-electron chi connectivity index (χ3n) is 2.75. The predicted octanol–water partition coefficient (Wildman–Crippen LogP) is 2.02. The minimum Gasteiger partial charge on any atom is -0.461 e. The number of rotatable bonds is 6. The molecule has 7 heteroatoms. The van der Waals surface area contributed by atoms with E-state index in [1.807, 2.05) is 33.0 Å². The summed E-state index contributed by atoms with van der Waals surface area (Å²) >= 11 is 0. The Morgan fingerprint density at radius 3 is 2.62 bits per heavy atom. The number of aryl methyl sites for hydroxylation is 1. The molecule has 0 bridgehead atoms. The molecule has 0 spiro atoms. The van der Waals surface area contributed by atoms with Crippen molar-refractivity contribution in [2.45, 2.75) is 33.4 Å². The fourth-order valence-electron chi connectivity index (χ4n) is 1.69. The average Bonchev–Trinajstić information content (AvgIpc) is 2.45. The molecule has 7 nitrogen and oxygen atoms in total.